The second-order valence-corrected chi connectivity index (χ2v) is 8.83. The monoisotopic (exact) mass is 495 g/mol. The topological polar surface area (TPSA) is 130 Å². The smallest absolute Gasteiger partial charge is 0.326 e. The number of carbonyl (C=O) groups excluding carboxylic acids is 2. The lowest BCUT2D eigenvalue weighted by Gasteiger charge is -2.24. The number of hydrogen-bond donors (Lipinski definition) is 2. The summed E-state index contributed by atoms with van der Waals surface area (Å²) in [6, 6.07) is 6.68. The maximum Gasteiger partial charge on any atom is 0.326 e. The molecule has 0 unspecified atom stereocenters. The van der Waals surface area contributed by atoms with Crippen molar-refractivity contribution in [2.45, 2.75) is 25.1 Å². The molecule has 1 aromatic carbocycles. The summed E-state index contributed by atoms with van der Waals surface area (Å²) in [6.45, 7) is 4.81. The van der Waals surface area contributed by atoms with Crippen LogP contribution in [0.1, 0.15) is 24.3 Å². The fraction of sp³-hybridized carbons (Fsp3) is 0.364. The van der Waals surface area contributed by atoms with Gasteiger partial charge in [0.1, 0.15) is 6.33 Å². The second-order valence-electron chi connectivity index (χ2n) is 8.83. The highest BCUT2D eigenvalue weighted by Crippen LogP contribution is 2.37. The van der Waals surface area contributed by atoms with E-state index in [0.717, 1.165) is 0 Å². The standard InChI is InChI=1S/C22H24B3N9O3/c1-12(2)33-8-9-34(21(33)36)16-10-15(17(30-29-16)20(35)28-22(23,24)25)27-14-7-5-6-13(18(14)37-4)19-26-11-32(3)31-19/h5-7,10-12H,8-9H2,1-4H3,(H,27,29)(H,28,35). The van der Waals surface area contributed by atoms with Gasteiger partial charge in [0.15, 0.2) is 23.1 Å². The number of rotatable bonds is 8. The molecule has 1 aliphatic rings. The van der Waals surface area contributed by atoms with E-state index in [1.54, 1.807) is 47.2 Å². The van der Waals surface area contributed by atoms with E-state index in [9.17, 15) is 9.59 Å². The van der Waals surface area contributed by atoms with Gasteiger partial charge in [-0.15, -0.1) is 10.2 Å². The third-order valence-electron chi connectivity index (χ3n) is 5.60. The zero-order valence-electron chi connectivity index (χ0n) is 21.0. The average molecular weight is 495 g/mol. The summed E-state index contributed by atoms with van der Waals surface area (Å²) in [4.78, 5) is 33.3. The number of hydrogen-bond acceptors (Lipinski definition) is 8. The van der Waals surface area contributed by atoms with Crippen LogP contribution in [0.3, 0.4) is 0 Å². The van der Waals surface area contributed by atoms with Crippen molar-refractivity contribution >= 4 is 52.7 Å². The molecule has 1 aliphatic heterocycles. The van der Waals surface area contributed by atoms with Crippen LogP contribution in [0.4, 0.5) is 22.0 Å². The molecule has 1 fully saturated rings. The van der Waals surface area contributed by atoms with Crippen LogP contribution >= 0.6 is 0 Å². The molecule has 3 heterocycles. The van der Waals surface area contributed by atoms with Crippen molar-refractivity contribution < 1.29 is 14.3 Å². The number of aryl methyl sites for hydroxylation is 1. The Labute approximate surface area is 218 Å². The quantitative estimate of drug-likeness (QED) is 0.433. The molecule has 12 nitrogen and oxygen atoms in total. The van der Waals surface area contributed by atoms with Crippen molar-refractivity contribution in [3.05, 3.63) is 36.3 Å². The zero-order valence-corrected chi connectivity index (χ0v) is 21.0. The van der Waals surface area contributed by atoms with E-state index in [2.05, 4.69) is 30.9 Å². The molecule has 184 valence electrons. The van der Waals surface area contributed by atoms with Gasteiger partial charge in [-0.3, -0.25) is 14.4 Å². The predicted molar refractivity (Wildman–Crippen MR) is 140 cm³/mol. The molecule has 0 aliphatic carbocycles. The number of aromatic nitrogens is 5. The minimum atomic E-state index is -1.99. The summed E-state index contributed by atoms with van der Waals surface area (Å²) in [5.74, 6) is 0.359. The number of anilines is 3. The Kier molecular flexibility index (Phi) is 7.15. The van der Waals surface area contributed by atoms with E-state index in [0.29, 0.717) is 35.9 Å². The van der Waals surface area contributed by atoms with E-state index in [1.807, 2.05) is 13.8 Å². The SMILES string of the molecule is [B]C([B])([B])NC(=O)c1nnc(N2CCN(C(C)C)C2=O)cc1Nc1cccc(-c2ncn(C)n2)c1OC. The molecule has 3 aromatic rings. The van der Waals surface area contributed by atoms with Gasteiger partial charge in [0.2, 0.25) is 0 Å². The Balaban J connectivity index is 1.77. The van der Waals surface area contributed by atoms with Crippen molar-refractivity contribution in [2.24, 2.45) is 7.05 Å². The number of nitrogens with zero attached hydrogens (tertiary/aromatic N) is 7. The van der Waals surface area contributed by atoms with Crippen molar-refractivity contribution in [3.63, 3.8) is 0 Å². The van der Waals surface area contributed by atoms with Gasteiger partial charge in [-0.1, -0.05) is 11.3 Å². The Morgan fingerprint density at radius 2 is 1.92 bits per heavy atom. The largest absolute Gasteiger partial charge is 0.494 e. The van der Waals surface area contributed by atoms with Crippen LogP contribution in [-0.4, -0.2) is 96.8 Å². The number of amides is 3. The number of urea groups is 1. The number of carbonyl (C=O) groups is 2. The van der Waals surface area contributed by atoms with Crippen molar-refractivity contribution in [2.75, 3.05) is 30.4 Å². The number of para-hydroxylation sites is 1. The molecule has 2 aromatic heterocycles. The molecule has 6 radical (unpaired) electrons. The van der Waals surface area contributed by atoms with Gasteiger partial charge in [0, 0.05) is 32.2 Å². The number of methoxy groups -OCH3 is 1. The fourth-order valence-electron chi connectivity index (χ4n) is 3.92. The molecule has 0 bridgehead atoms. The Morgan fingerprint density at radius 3 is 2.51 bits per heavy atom. The summed E-state index contributed by atoms with van der Waals surface area (Å²) in [7, 11) is 19.9. The molecule has 37 heavy (non-hydrogen) atoms. The van der Waals surface area contributed by atoms with Crippen LogP contribution < -0.4 is 20.3 Å². The first-order valence-corrected chi connectivity index (χ1v) is 11.4. The first-order valence-electron chi connectivity index (χ1n) is 11.4. The van der Waals surface area contributed by atoms with Crippen LogP contribution in [-0.2, 0) is 7.05 Å². The van der Waals surface area contributed by atoms with Crippen LogP contribution in [0, 0.1) is 0 Å². The van der Waals surface area contributed by atoms with E-state index < -0.39 is 11.1 Å². The second kappa shape index (κ2) is 10.2. The summed E-state index contributed by atoms with van der Waals surface area (Å²) in [5, 5.41) is 16.0. The molecule has 0 saturated carbocycles. The van der Waals surface area contributed by atoms with Gasteiger partial charge in [0.05, 0.1) is 47.6 Å². The fourth-order valence-corrected chi connectivity index (χ4v) is 3.92. The molecule has 4 rings (SSSR count). The van der Waals surface area contributed by atoms with Gasteiger partial charge < -0.3 is 20.3 Å². The van der Waals surface area contributed by atoms with E-state index in [-0.39, 0.29) is 29.3 Å². The van der Waals surface area contributed by atoms with Crippen molar-refractivity contribution in [1.29, 1.82) is 0 Å². The maximum absolute atomic E-state index is 12.9. The van der Waals surface area contributed by atoms with E-state index in [4.69, 9.17) is 28.3 Å². The van der Waals surface area contributed by atoms with Crippen LogP contribution in [0.25, 0.3) is 11.4 Å². The highest BCUT2D eigenvalue weighted by Gasteiger charge is 2.33. The summed E-state index contributed by atoms with van der Waals surface area (Å²) < 4.78 is 7.23. The van der Waals surface area contributed by atoms with Gasteiger partial charge in [0.25, 0.3) is 5.91 Å². The minimum absolute atomic E-state index is 0.0205. The van der Waals surface area contributed by atoms with E-state index in [1.165, 1.54) is 12.0 Å². The molecular formula is C22H24B3N9O3. The first-order chi connectivity index (χ1) is 17.5. The van der Waals surface area contributed by atoms with E-state index >= 15 is 0 Å². The molecule has 0 atom stereocenters. The number of benzene rings is 1. The lowest BCUT2D eigenvalue weighted by Crippen LogP contribution is -2.50. The van der Waals surface area contributed by atoms with Crippen molar-refractivity contribution in [1.82, 2.24) is 35.2 Å². The zero-order chi connectivity index (χ0) is 26.9. The predicted octanol–water partition coefficient (Wildman–Crippen LogP) is 0.521. The number of ether oxygens (including phenoxy) is 1. The maximum atomic E-state index is 12.9. The number of nitrogens with one attached hydrogen (secondary N) is 2. The lowest BCUT2D eigenvalue weighted by atomic mass is 9.49. The minimum Gasteiger partial charge on any atom is -0.494 e. The van der Waals surface area contributed by atoms with Crippen LogP contribution in [0.5, 0.6) is 5.75 Å². The summed E-state index contributed by atoms with van der Waals surface area (Å²) >= 11 is 0. The highest BCUT2D eigenvalue weighted by atomic mass is 16.5. The third kappa shape index (κ3) is 5.55. The first kappa shape index (κ1) is 26.0. The van der Waals surface area contributed by atoms with Gasteiger partial charge >= 0.3 is 6.03 Å². The Hall–Kier alpha value is -4.03. The van der Waals surface area contributed by atoms with Crippen LogP contribution in [0.15, 0.2) is 30.6 Å². The Bertz CT molecular complexity index is 1330. The normalized spacial score (nSPS) is 13.8. The molecule has 15 heteroatoms. The van der Waals surface area contributed by atoms with Gasteiger partial charge in [-0.2, -0.15) is 5.10 Å². The summed E-state index contributed by atoms with van der Waals surface area (Å²) in [5.41, 5.74) is 1.17. The molecule has 1 saturated heterocycles. The summed E-state index contributed by atoms with van der Waals surface area (Å²) in [6.07, 6.45) is 1.57. The van der Waals surface area contributed by atoms with Gasteiger partial charge in [-0.05, 0) is 26.0 Å². The highest BCUT2D eigenvalue weighted by molar-refractivity contribution is 6.60. The average Bonchev–Trinajstić information content (AvgIpc) is 3.43. The van der Waals surface area contributed by atoms with Gasteiger partial charge in [-0.25, -0.2) is 9.78 Å². The molecule has 3 amide bonds. The lowest BCUT2D eigenvalue weighted by molar-refractivity contribution is 0.0947. The van der Waals surface area contributed by atoms with Crippen molar-refractivity contribution in [3.8, 4) is 17.1 Å². The Morgan fingerprint density at radius 1 is 1.16 bits per heavy atom. The third-order valence-corrected chi connectivity index (χ3v) is 5.60. The molecular weight excluding hydrogens is 471 g/mol. The molecule has 2 N–H and O–H groups in total. The van der Waals surface area contributed by atoms with Crippen LogP contribution in [0.2, 0.25) is 0 Å². The molecule has 0 spiro atoms.